The third-order valence-electron chi connectivity index (χ3n) is 2.10. The zero-order valence-electron chi connectivity index (χ0n) is 7.52. The Morgan fingerprint density at radius 3 is 2.77 bits per heavy atom. The predicted molar refractivity (Wildman–Crippen MR) is 47.1 cm³/mol. The van der Waals surface area contributed by atoms with Gasteiger partial charge in [0.15, 0.2) is 0 Å². The van der Waals surface area contributed by atoms with E-state index in [1.165, 1.54) is 6.08 Å². The molecule has 1 aliphatic rings. The fourth-order valence-corrected chi connectivity index (χ4v) is 1.50. The molecule has 0 radical (unpaired) electrons. The van der Waals surface area contributed by atoms with Crippen LogP contribution in [0.4, 0.5) is 0 Å². The van der Waals surface area contributed by atoms with Crippen molar-refractivity contribution in [2.24, 2.45) is 11.8 Å². The van der Waals surface area contributed by atoms with Crippen molar-refractivity contribution in [2.75, 3.05) is 0 Å². The summed E-state index contributed by atoms with van der Waals surface area (Å²) in [5.74, 6) is -0.686. The number of nitro groups is 1. The van der Waals surface area contributed by atoms with E-state index in [4.69, 9.17) is 5.26 Å². The Hall–Kier alpha value is -1.63. The number of nitriles is 1. The molecular formula is C9H10N2O2. The highest BCUT2D eigenvalue weighted by atomic mass is 16.6. The van der Waals surface area contributed by atoms with Gasteiger partial charge in [0.2, 0.25) is 0 Å². The van der Waals surface area contributed by atoms with Crippen LogP contribution in [0.2, 0.25) is 0 Å². The van der Waals surface area contributed by atoms with Gasteiger partial charge in [0.1, 0.15) is 5.92 Å². The first kappa shape index (κ1) is 9.46. The maximum Gasteiger partial charge on any atom is 0.264 e. The smallest absolute Gasteiger partial charge is 0.259 e. The largest absolute Gasteiger partial charge is 0.264 e. The summed E-state index contributed by atoms with van der Waals surface area (Å²) in [7, 11) is 0. The molecule has 68 valence electrons. The lowest BCUT2D eigenvalue weighted by atomic mass is 9.86. The van der Waals surface area contributed by atoms with Crippen LogP contribution in [0.5, 0.6) is 0 Å². The van der Waals surface area contributed by atoms with E-state index >= 15 is 0 Å². The second-order valence-electron chi connectivity index (χ2n) is 3.20. The van der Waals surface area contributed by atoms with Crippen LogP contribution in [0.15, 0.2) is 23.4 Å². The normalized spacial score (nSPS) is 27.2. The molecular weight excluding hydrogens is 168 g/mol. The van der Waals surface area contributed by atoms with E-state index in [1.54, 1.807) is 6.92 Å². The van der Waals surface area contributed by atoms with E-state index in [-0.39, 0.29) is 11.6 Å². The lowest BCUT2D eigenvalue weighted by Gasteiger charge is -2.16. The van der Waals surface area contributed by atoms with E-state index in [9.17, 15) is 10.1 Å². The highest BCUT2D eigenvalue weighted by Crippen LogP contribution is 2.28. The Labute approximate surface area is 76.3 Å². The van der Waals surface area contributed by atoms with Crippen molar-refractivity contribution >= 4 is 0 Å². The maximum absolute atomic E-state index is 10.6. The summed E-state index contributed by atoms with van der Waals surface area (Å²) in [6.45, 7) is 3.61. The summed E-state index contributed by atoms with van der Waals surface area (Å²) < 4.78 is 0. The minimum atomic E-state index is -0.612. The van der Waals surface area contributed by atoms with Crippen molar-refractivity contribution in [3.8, 4) is 6.07 Å². The summed E-state index contributed by atoms with van der Waals surface area (Å²) in [5, 5.41) is 19.3. The molecule has 1 rings (SSSR count). The molecule has 4 nitrogen and oxygen atoms in total. The van der Waals surface area contributed by atoms with E-state index in [0.717, 1.165) is 5.57 Å². The molecule has 0 fully saturated rings. The Kier molecular flexibility index (Phi) is 2.47. The van der Waals surface area contributed by atoms with E-state index in [1.807, 2.05) is 19.1 Å². The van der Waals surface area contributed by atoms with Gasteiger partial charge < -0.3 is 0 Å². The number of hydrogen-bond donors (Lipinski definition) is 0. The maximum atomic E-state index is 10.6. The Balaban J connectivity index is 3.09. The van der Waals surface area contributed by atoms with Gasteiger partial charge in [-0.05, 0) is 12.5 Å². The third kappa shape index (κ3) is 1.75. The van der Waals surface area contributed by atoms with Gasteiger partial charge in [0.25, 0.3) is 5.70 Å². The quantitative estimate of drug-likeness (QED) is 0.454. The Morgan fingerprint density at radius 1 is 1.69 bits per heavy atom. The van der Waals surface area contributed by atoms with Gasteiger partial charge in [0.05, 0.1) is 11.0 Å². The van der Waals surface area contributed by atoms with Crippen LogP contribution in [-0.4, -0.2) is 4.92 Å². The van der Waals surface area contributed by atoms with Crippen molar-refractivity contribution in [1.82, 2.24) is 0 Å². The number of allylic oxidation sites excluding steroid dienone is 4. The summed E-state index contributed by atoms with van der Waals surface area (Å²) >= 11 is 0. The minimum absolute atomic E-state index is 0.00926. The van der Waals surface area contributed by atoms with Crippen molar-refractivity contribution in [2.45, 2.75) is 13.8 Å². The van der Waals surface area contributed by atoms with Crippen molar-refractivity contribution < 1.29 is 4.92 Å². The zero-order chi connectivity index (χ0) is 10.0. The molecule has 13 heavy (non-hydrogen) atoms. The standard InChI is InChI=1S/C9H10N2O2/c1-6-3-7(2)8(5-10)9(4-6)11(12)13/h3-4,7-8H,1-2H3. The van der Waals surface area contributed by atoms with Gasteiger partial charge in [-0.15, -0.1) is 0 Å². The average molecular weight is 178 g/mol. The minimum Gasteiger partial charge on any atom is -0.259 e. The average Bonchev–Trinajstić information content (AvgIpc) is 2.02. The van der Waals surface area contributed by atoms with Gasteiger partial charge in [-0.3, -0.25) is 10.1 Å². The van der Waals surface area contributed by atoms with Crippen molar-refractivity contribution in [1.29, 1.82) is 5.26 Å². The monoisotopic (exact) mass is 178 g/mol. The highest BCUT2D eigenvalue weighted by Gasteiger charge is 2.31. The van der Waals surface area contributed by atoms with Crippen molar-refractivity contribution in [3.63, 3.8) is 0 Å². The van der Waals surface area contributed by atoms with Crippen LogP contribution >= 0.6 is 0 Å². The zero-order valence-corrected chi connectivity index (χ0v) is 7.52. The van der Waals surface area contributed by atoms with E-state index < -0.39 is 10.8 Å². The molecule has 0 saturated carbocycles. The molecule has 0 spiro atoms. The van der Waals surface area contributed by atoms with Gasteiger partial charge in [0, 0.05) is 12.0 Å². The first-order chi connectivity index (χ1) is 6.06. The van der Waals surface area contributed by atoms with Gasteiger partial charge in [-0.1, -0.05) is 13.0 Å². The fraction of sp³-hybridized carbons (Fsp3) is 0.444. The van der Waals surface area contributed by atoms with Crippen LogP contribution in [0.25, 0.3) is 0 Å². The van der Waals surface area contributed by atoms with Crippen LogP contribution in [0, 0.1) is 33.3 Å². The number of hydrogen-bond acceptors (Lipinski definition) is 3. The third-order valence-corrected chi connectivity index (χ3v) is 2.10. The molecule has 0 aromatic rings. The second-order valence-corrected chi connectivity index (χ2v) is 3.20. The van der Waals surface area contributed by atoms with Crippen LogP contribution in [-0.2, 0) is 0 Å². The predicted octanol–water partition coefficient (Wildman–Crippen LogP) is 1.88. The van der Waals surface area contributed by atoms with Crippen LogP contribution in [0.1, 0.15) is 13.8 Å². The van der Waals surface area contributed by atoms with Gasteiger partial charge >= 0.3 is 0 Å². The molecule has 0 heterocycles. The molecule has 0 aromatic heterocycles. The van der Waals surface area contributed by atoms with E-state index in [0.29, 0.717) is 0 Å². The molecule has 0 saturated heterocycles. The van der Waals surface area contributed by atoms with E-state index in [2.05, 4.69) is 0 Å². The second kappa shape index (κ2) is 3.40. The molecule has 0 aliphatic heterocycles. The molecule has 0 amide bonds. The summed E-state index contributed by atoms with van der Waals surface area (Å²) in [6.07, 6.45) is 3.34. The molecule has 0 aromatic carbocycles. The lowest BCUT2D eigenvalue weighted by Crippen LogP contribution is -2.19. The molecule has 1 aliphatic carbocycles. The van der Waals surface area contributed by atoms with Gasteiger partial charge in [-0.2, -0.15) is 5.26 Å². The summed E-state index contributed by atoms with van der Waals surface area (Å²) in [5.41, 5.74) is 0.862. The molecule has 2 atom stereocenters. The highest BCUT2D eigenvalue weighted by molar-refractivity contribution is 5.29. The topological polar surface area (TPSA) is 66.9 Å². The summed E-state index contributed by atoms with van der Waals surface area (Å²) in [4.78, 5) is 10.1. The number of rotatable bonds is 1. The van der Waals surface area contributed by atoms with Crippen molar-refractivity contribution in [3.05, 3.63) is 33.5 Å². The van der Waals surface area contributed by atoms with Crippen LogP contribution < -0.4 is 0 Å². The first-order valence-electron chi connectivity index (χ1n) is 4.00. The van der Waals surface area contributed by atoms with Crippen LogP contribution in [0.3, 0.4) is 0 Å². The Morgan fingerprint density at radius 2 is 2.31 bits per heavy atom. The Bertz CT molecular complexity index is 336. The molecule has 0 bridgehead atoms. The molecule has 4 heteroatoms. The molecule has 0 N–H and O–H groups in total. The summed E-state index contributed by atoms with van der Waals surface area (Å²) in [6, 6.07) is 1.95. The lowest BCUT2D eigenvalue weighted by molar-refractivity contribution is -0.433. The number of nitrogens with zero attached hydrogens (tertiary/aromatic N) is 2. The molecule has 2 unspecified atom stereocenters. The van der Waals surface area contributed by atoms with Gasteiger partial charge in [-0.25, -0.2) is 0 Å². The first-order valence-corrected chi connectivity index (χ1v) is 4.00. The SMILES string of the molecule is CC1=CC(C)C(C#N)C([N+](=O)[O-])=C1. The fourth-order valence-electron chi connectivity index (χ4n) is 1.50.